The van der Waals surface area contributed by atoms with Crippen molar-refractivity contribution < 1.29 is 19.0 Å². The number of hydrogen-bond acceptors (Lipinski definition) is 4. The van der Waals surface area contributed by atoms with E-state index in [-0.39, 0.29) is 5.91 Å². The van der Waals surface area contributed by atoms with Crippen molar-refractivity contribution in [2.24, 2.45) is 0 Å². The molecule has 0 aliphatic carbocycles. The van der Waals surface area contributed by atoms with E-state index in [0.717, 1.165) is 17.9 Å². The first-order valence-electron chi connectivity index (χ1n) is 9.70. The lowest BCUT2D eigenvalue weighted by atomic mass is 10.2. The van der Waals surface area contributed by atoms with Crippen LogP contribution in [-0.2, 0) is 0 Å². The molecule has 0 aromatic heterocycles. The van der Waals surface area contributed by atoms with E-state index in [9.17, 15) is 4.79 Å². The minimum absolute atomic E-state index is 0.194. The van der Waals surface area contributed by atoms with Crippen LogP contribution in [0.3, 0.4) is 0 Å². The van der Waals surface area contributed by atoms with Crippen LogP contribution in [0, 0.1) is 0 Å². The average Bonchev–Trinajstić information content (AvgIpc) is 2.76. The van der Waals surface area contributed by atoms with Crippen molar-refractivity contribution >= 4 is 11.6 Å². The summed E-state index contributed by atoms with van der Waals surface area (Å²) in [5, 5.41) is 2.89. The summed E-state index contributed by atoms with van der Waals surface area (Å²) >= 11 is 0. The number of ether oxygens (including phenoxy) is 3. The Hall–Kier alpha value is -3.47. The van der Waals surface area contributed by atoms with E-state index in [1.54, 1.807) is 24.3 Å². The highest BCUT2D eigenvalue weighted by molar-refractivity contribution is 6.05. The number of rotatable bonds is 10. The van der Waals surface area contributed by atoms with Crippen molar-refractivity contribution in [1.29, 1.82) is 0 Å². The number of hydrogen-bond donors (Lipinski definition) is 1. The maximum Gasteiger partial charge on any atom is 0.255 e. The van der Waals surface area contributed by atoms with Gasteiger partial charge in [0.2, 0.25) is 0 Å². The standard InChI is InChI=1S/C24H25NO4/c1-2-27-23-12-7-6-11-22(23)25-24(26)19-13-15-21(16-14-19)29-18-8-17-28-20-9-4-3-5-10-20/h3-7,9-16H,2,8,17-18H2,1H3,(H,25,26). The van der Waals surface area contributed by atoms with Gasteiger partial charge in [0, 0.05) is 12.0 Å². The average molecular weight is 391 g/mol. The molecule has 0 heterocycles. The van der Waals surface area contributed by atoms with Crippen molar-refractivity contribution in [2.45, 2.75) is 13.3 Å². The van der Waals surface area contributed by atoms with Crippen LogP contribution in [0.2, 0.25) is 0 Å². The summed E-state index contributed by atoms with van der Waals surface area (Å²) in [6, 6.07) is 24.2. The molecule has 0 saturated heterocycles. The zero-order chi connectivity index (χ0) is 20.3. The second-order valence-electron chi connectivity index (χ2n) is 6.27. The predicted octanol–water partition coefficient (Wildman–Crippen LogP) is 5.19. The first-order valence-corrected chi connectivity index (χ1v) is 9.70. The molecule has 0 radical (unpaired) electrons. The fourth-order valence-electron chi connectivity index (χ4n) is 2.70. The Labute approximate surface area is 171 Å². The van der Waals surface area contributed by atoms with Crippen LogP contribution in [0.15, 0.2) is 78.9 Å². The summed E-state index contributed by atoms with van der Waals surface area (Å²) in [5.41, 5.74) is 1.20. The van der Waals surface area contributed by atoms with Gasteiger partial charge in [0.25, 0.3) is 5.91 Å². The Morgan fingerprint density at radius 3 is 2.07 bits per heavy atom. The van der Waals surface area contributed by atoms with Gasteiger partial charge in [-0.15, -0.1) is 0 Å². The highest BCUT2D eigenvalue weighted by Crippen LogP contribution is 2.24. The van der Waals surface area contributed by atoms with E-state index < -0.39 is 0 Å². The minimum Gasteiger partial charge on any atom is -0.493 e. The summed E-state index contributed by atoms with van der Waals surface area (Å²) < 4.78 is 16.9. The van der Waals surface area contributed by atoms with Crippen LogP contribution in [0.4, 0.5) is 5.69 Å². The van der Waals surface area contributed by atoms with Crippen LogP contribution >= 0.6 is 0 Å². The molecule has 0 saturated carbocycles. The van der Waals surface area contributed by atoms with Crippen LogP contribution in [-0.4, -0.2) is 25.7 Å². The monoisotopic (exact) mass is 391 g/mol. The van der Waals surface area contributed by atoms with E-state index in [4.69, 9.17) is 14.2 Å². The number of nitrogens with one attached hydrogen (secondary N) is 1. The van der Waals surface area contributed by atoms with Crippen molar-refractivity contribution in [3.63, 3.8) is 0 Å². The largest absolute Gasteiger partial charge is 0.493 e. The zero-order valence-corrected chi connectivity index (χ0v) is 16.5. The molecule has 3 aromatic rings. The first-order chi connectivity index (χ1) is 14.3. The van der Waals surface area contributed by atoms with Crippen LogP contribution in [0.25, 0.3) is 0 Å². The van der Waals surface area contributed by atoms with E-state index in [0.29, 0.717) is 36.8 Å². The SMILES string of the molecule is CCOc1ccccc1NC(=O)c1ccc(OCCCOc2ccccc2)cc1. The quantitative estimate of drug-likeness (QED) is 0.484. The van der Waals surface area contributed by atoms with Gasteiger partial charge < -0.3 is 19.5 Å². The number of carbonyl (C=O) groups is 1. The molecule has 0 aliphatic rings. The Kier molecular flexibility index (Phi) is 7.52. The molecule has 5 nitrogen and oxygen atoms in total. The first kappa shape index (κ1) is 20.3. The van der Waals surface area contributed by atoms with Crippen molar-refractivity contribution in [2.75, 3.05) is 25.1 Å². The van der Waals surface area contributed by atoms with E-state index >= 15 is 0 Å². The second kappa shape index (κ2) is 10.8. The Morgan fingerprint density at radius 1 is 0.759 bits per heavy atom. The molecule has 0 fully saturated rings. The van der Waals surface area contributed by atoms with Crippen LogP contribution in [0.1, 0.15) is 23.7 Å². The number of anilines is 1. The van der Waals surface area contributed by atoms with Gasteiger partial charge in [0.05, 0.1) is 25.5 Å². The molecule has 3 aromatic carbocycles. The lowest BCUT2D eigenvalue weighted by Gasteiger charge is -2.12. The molecule has 0 unspecified atom stereocenters. The van der Waals surface area contributed by atoms with Gasteiger partial charge in [0.15, 0.2) is 0 Å². The van der Waals surface area contributed by atoms with Gasteiger partial charge in [-0.1, -0.05) is 30.3 Å². The number of para-hydroxylation sites is 3. The molecule has 0 atom stereocenters. The number of benzene rings is 3. The van der Waals surface area contributed by atoms with Crippen molar-refractivity contribution in [1.82, 2.24) is 0 Å². The third kappa shape index (κ3) is 6.28. The molecule has 0 spiro atoms. The zero-order valence-electron chi connectivity index (χ0n) is 16.5. The molecule has 3 rings (SSSR count). The summed E-state index contributed by atoms with van der Waals surface area (Å²) in [6.07, 6.45) is 0.769. The van der Waals surface area contributed by atoms with Crippen molar-refractivity contribution in [3.05, 3.63) is 84.4 Å². The third-order valence-corrected chi connectivity index (χ3v) is 4.12. The smallest absolute Gasteiger partial charge is 0.255 e. The van der Waals surface area contributed by atoms with Crippen LogP contribution < -0.4 is 19.5 Å². The Balaban J connectivity index is 1.45. The highest BCUT2D eigenvalue weighted by atomic mass is 16.5. The van der Waals surface area contributed by atoms with Crippen LogP contribution in [0.5, 0.6) is 17.2 Å². The maximum atomic E-state index is 12.5. The lowest BCUT2D eigenvalue weighted by Crippen LogP contribution is -2.13. The number of amides is 1. The summed E-state index contributed by atoms with van der Waals surface area (Å²) in [5.74, 6) is 2.03. The minimum atomic E-state index is -0.194. The summed E-state index contributed by atoms with van der Waals surface area (Å²) in [7, 11) is 0. The highest BCUT2D eigenvalue weighted by Gasteiger charge is 2.09. The molecule has 0 aliphatic heterocycles. The lowest BCUT2D eigenvalue weighted by molar-refractivity contribution is 0.102. The predicted molar refractivity (Wildman–Crippen MR) is 114 cm³/mol. The maximum absolute atomic E-state index is 12.5. The van der Waals surface area contributed by atoms with Gasteiger partial charge in [-0.3, -0.25) is 4.79 Å². The molecule has 1 amide bonds. The molecule has 1 N–H and O–H groups in total. The molecule has 29 heavy (non-hydrogen) atoms. The molecular weight excluding hydrogens is 366 g/mol. The molecule has 0 bridgehead atoms. The fraction of sp³-hybridized carbons (Fsp3) is 0.208. The summed E-state index contributed by atoms with van der Waals surface area (Å²) in [4.78, 5) is 12.5. The third-order valence-electron chi connectivity index (χ3n) is 4.12. The topological polar surface area (TPSA) is 56.8 Å². The van der Waals surface area contributed by atoms with Gasteiger partial charge in [-0.2, -0.15) is 0 Å². The fourth-order valence-corrected chi connectivity index (χ4v) is 2.70. The Bertz CT molecular complexity index is 894. The molecule has 5 heteroatoms. The normalized spacial score (nSPS) is 10.2. The van der Waals surface area contributed by atoms with Gasteiger partial charge >= 0.3 is 0 Å². The van der Waals surface area contributed by atoms with Gasteiger partial charge in [-0.25, -0.2) is 0 Å². The van der Waals surface area contributed by atoms with Gasteiger partial charge in [-0.05, 0) is 55.5 Å². The molecular formula is C24H25NO4. The van der Waals surface area contributed by atoms with Crippen molar-refractivity contribution in [3.8, 4) is 17.2 Å². The second-order valence-corrected chi connectivity index (χ2v) is 6.27. The van der Waals surface area contributed by atoms with E-state index in [2.05, 4.69) is 5.32 Å². The van der Waals surface area contributed by atoms with E-state index in [1.165, 1.54) is 0 Å². The van der Waals surface area contributed by atoms with Gasteiger partial charge in [0.1, 0.15) is 17.2 Å². The van der Waals surface area contributed by atoms with E-state index in [1.807, 2.05) is 61.5 Å². The molecule has 150 valence electrons. The summed E-state index contributed by atoms with van der Waals surface area (Å²) in [6.45, 7) is 3.57. The number of carbonyl (C=O) groups excluding carboxylic acids is 1. The Morgan fingerprint density at radius 2 is 1.38 bits per heavy atom.